The van der Waals surface area contributed by atoms with Crippen LogP contribution in [0.1, 0.15) is 39.2 Å². The highest BCUT2D eigenvalue weighted by molar-refractivity contribution is 9.10. The van der Waals surface area contributed by atoms with Crippen molar-refractivity contribution in [3.8, 4) is 0 Å². The first-order valence-corrected chi connectivity index (χ1v) is 8.25. The molecule has 0 bridgehead atoms. The molecule has 1 aromatic heterocycles. The van der Waals surface area contributed by atoms with Gasteiger partial charge in [-0.05, 0) is 47.3 Å². The molecular weight excluding hydrogens is 330 g/mol. The molecule has 1 N–H and O–H groups in total. The number of anilines is 1. The molecular formula is C16H24BrN3O. The van der Waals surface area contributed by atoms with Gasteiger partial charge < -0.3 is 10.2 Å². The molecule has 0 aliphatic carbocycles. The molecule has 21 heavy (non-hydrogen) atoms. The van der Waals surface area contributed by atoms with Gasteiger partial charge in [0.25, 0.3) is 0 Å². The maximum atomic E-state index is 12.0. The first-order valence-electron chi connectivity index (χ1n) is 7.45. The summed E-state index contributed by atoms with van der Waals surface area (Å²) in [6, 6.07) is 2.37. The Morgan fingerprint density at radius 3 is 2.52 bits per heavy atom. The number of hydrogen-bond donors (Lipinski definition) is 1. The second-order valence-corrected chi connectivity index (χ2v) is 7.69. The Morgan fingerprint density at radius 2 is 2.00 bits per heavy atom. The van der Waals surface area contributed by atoms with Crippen LogP contribution in [0.3, 0.4) is 0 Å². The number of hydrogen-bond acceptors (Lipinski definition) is 3. The van der Waals surface area contributed by atoms with E-state index >= 15 is 0 Å². The van der Waals surface area contributed by atoms with E-state index in [1.807, 2.05) is 27.0 Å². The zero-order valence-electron chi connectivity index (χ0n) is 13.2. The van der Waals surface area contributed by atoms with E-state index < -0.39 is 0 Å². The summed E-state index contributed by atoms with van der Waals surface area (Å²) in [6.07, 6.45) is 3.79. The molecule has 0 aromatic carbocycles. The number of aryl methyl sites for hydroxylation is 1. The summed E-state index contributed by atoms with van der Waals surface area (Å²) >= 11 is 3.45. The third-order valence-corrected chi connectivity index (χ3v) is 4.26. The summed E-state index contributed by atoms with van der Waals surface area (Å²) < 4.78 is 1.01. The molecule has 1 saturated heterocycles. The monoisotopic (exact) mass is 353 g/mol. The number of carbonyl (C=O) groups is 1. The predicted molar refractivity (Wildman–Crippen MR) is 89.5 cm³/mol. The molecule has 1 aliphatic rings. The topological polar surface area (TPSA) is 45.2 Å². The zero-order valence-corrected chi connectivity index (χ0v) is 14.8. The van der Waals surface area contributed by atoms with E-state index in [9.17, 15) is 4.79 Å². The number of nitrogens with zero attached hydrogens (tertiary/aromatic N) is 2. The first-order chi connectivity index (χ1) is 9.77. The summed E-state index contributed by atoms with van der Waals surface area (Å²) in [7, 11) is 0. The lowest BCUT2D eigenvalue weighted by atomic mass is 9.94. The van der Waals surface area contributed by atoms with Crippen LogP contribution in [-0.4, -0.2) is 30.0 Å². The smallest absolute Gasteiger partial charge is 0.225 e. The predicted octanol–water partition coefficient (Wildman–Crippen LogP) is 3.28. The minimum atomic E-state index is -0.318. The molecule has 5 heteroatoms. The number of rotatable bonds is 2. The summed E-state index contributed by atoms with van der Waals surface area (Å²) in [5.41, 5.74) is 0.864. The molecule has 0 radical (unpaired) electrons. The quantitative estimate of drug-likeness (QED) is 0.887. The van der Waals surface area contributed by atoms with Gasteiger partial charge in [-0.15, -0.1) is 0 Å². The molecule has 0 spiro atoms. The van der Waals surface area contributed by atoms with E-state index in [-0.39, 0.29) is 17.4 Å². The highest BCUT2D eigenvalue weighted by atomic mass is 79.9. The molecule has 1 fully saturated rings. The van der Waals surface area contributed by atoms with Gasteiger partial charge in [0.1, 0.15) is 5.82 Å². The molecule has 1 amide bonds. The minimum absolute atomic E-state index is 0.138. The number of carbonyl (C=O) groups excluding carboxylic acids is 1. The second kappa shape index (κ2) is 6.34. The normalized spacial score (nSPS) is 16.9. The largest absolute Gasteiger partial charge is 0.356 e. The van der Waals surface area contributed by atoms with Crippen molar-refractivity contribution in [2.45, 2.75) is 46.6 Å². The summed E-state index contributed by atoms with van der Waals surface area (Å²) in [5, 5.41) is 3.16. The van der Waals surface area contributed by atoms with Gasteiger partial charge in [0.05, 0.1) is 0 Å². The lowest BCUT2D eigenvalue weighted by Crippen LogP contribution is -2.48. The van der Waals surface area contributed by atoms with Gasteiger partial charge in [0.15, 0.2) is 0 Å². The molecule has 1 aromatic rings. The zero-order chi connectivity index (χ0) is 15.6. The van der Waals surface area contributed by atoms with Crippen molar-refractivity contribution in [2.75, 3.05) is 18.0 Å². The molecule has 116 valence electrons. The van der Waals surface area contributed by atoms with Crippen LogP contribution in [0.25, 0.3) is 0 Å². The van der Waals surface area contributed by atoms with Gasteiger partial charge in [-0.3, -0.25) is 4.79 Å². The van der Waals surface area contributed by atoms with Crippen molar-refractivity contribution in [3.05, 3.63) is 22.3 Å². The van der Waals surface area contributed by atoms with Crippen molar-refractivity contribution in [2.24, 2.45) is 5.41 Å². The first kappa shape index (κ1) is 16.3. The number of piperidine rings is 1. The van der Waals surface area contributed by atoms with E-state index in [0.717, 1.165) is 36.2 Å². The SMILES string of the molecule is Cc1cc(Br)cnc1N1CCC(NC(=O)C(C)(C)C)CC1. The molecule has 1 aliphatic heterocycles. The van der Waals surface area contributed by atoms with E-state index in [4.69, 9.17) is 0 Å². The van der Waals surface area contributed by atoms with Crippen molar-refractivity contribution < 1.29 is 4.79 Å². The fourth-order valence-electron chi connectivity index (χ4n) is 2.50. The minimum Gasteiger partial charge on any atom is -0.356 e. The van der Waals surface area contributed by atoms with Gasteiger partial charge in [-0.25, -0.2) is 4.98 Å². The van der Waals surface area contributed by atoms with E-state index in [2.05, 4.69) is 44.1 Å². The fraction of sp³-hybridized carbons (Fsp3) is 0.625. The average Bonchev–Trinajstić information content (AvgIpc) is 2.39. The number of aromatic nitrogens is 1. The second-order valence-electron chi connectivity index (χ2n) is 6.78. The lowest BCUT2D eigenvalue weighted by Gasteiger charge is -2.35. The maximum Gasteiger partial charge on any atom is 0.225 e. The van der Waals surface area contributed by atoms with Crippen LogP contribution in [0.2, 0.25) is 0 Å². The van der Waals surface area contributed by atoms with Gasteiger partial charge in [0.2, 0.25) is 5.91 Å². The van der Waals surface area contributed by atoms with E-state index in [1.54, 1.807) is 0 Å². The van der Waals surface area contributed by atoms with Crippen LogP contribution in [0.15, 0.2) is 16.7 Å². The third kappa shape index (κ3) is 4.19. The van der Waals surface area contributed by atoms with Crippen molar-refractivity contribution >= 4 is 27.7 Å². The average molecular weight is 354 g/mol. The number of halogens is 1. The summed E-state index contributed by atoms with van der Waals surface area (Å²) in [5.74, 6) is 1.19. The van der Waals surface area contributed by atoms with Crippen LogP contribution in [0, 0.1) is 12.3 Å². The Kier molecular flexibility index (Phi) is 4.91. The van der Waals surface area contributed by atoms with Crippen LogP contribution in [-0.2, 0) is 4.79 Å². The molecule has 4 nitrogen and oxygen atoms in total. The third-order valence-electron chi connectivity index (χ3n) is 3.83. The number of amides is 1. The van der Waals surface area contributed by atoms with Crippen LogP contribution >= 0.6 is 15.9 Å². The van der Waals surface area contributed by atoms with Crippen molar-refractivity contribution in [3.63, 3.8) is 0 Å². The lowest BCUT2D eigenvalue weighted by molar-refractivity contribution is -0.129. The van der Waals surface area contributed by atoms with Crippen molar-refractivity contribution in [1.82, 2.24) is 10.3 Å². The standard InChI is InChI=1S/C16H24BrN3O/c1-11-9-12(17)10-18-14(11)20-7-5-13(6-8-20)19-15(21)16(2,3)4/h9-10,13H,5-8H2,1-4H3,(H,19,21). The maximum absolute atomic E-state index is 12.0. The Bertz CT molecular complexity index is 517. The van der Waals surface area contributed by atoms with Gasteiger partial charge >= 0.3 is 0 Å². The Hall–Kier alpha value is -1.10. The van der Waals surface area contributed by atoms with Crippen LogP contribution in [0.4, 0.5) is 5.82 Å². The highest BCUT2D eigenvalue weighted by Gasteiger charge is 2.27. The molecule has 2 heterocycles. The summed E-state index contributed by atoms with van der Waals surface area (Å²) in [4.78, 5) is 18.9. The summed E-state index contributed by atoms with van der Waals surface area (Å²) in [6.45, 7) is 9.81. The van der Waals surface area contributed by atoms with Crippen LogP contribution < -0.4 is 10.2 Å². The van der Waals surface area contributed by atoms with Gasteiger partial charge in [-0.1, -0.05) is 20.8 Å². The molecule has 0 unspecified atom stereocenters. The highest BCUT2D eigenvalue weighted by Crippen LogP contribution is 2.24. The van der Waals surface area contributed by atoms with E-state index in [0.29, 0.717) is 0 Å². The van der Waals surface area contributed by atoms with Crippen LogP contribution in [0.5, 0.6) is 0 Å². The molecule has 2 rings (SSSR count). The molecule has 0 saturated carbocycles. The molecule has 0 atom stereocenters. The number of pyridine rings is 1. The van der Waals surface area contributed by atoms with Gasteiger partial charge in [0, 0.05) is 35.2 Å². The van der Waals surface area contributed by atoms with E-state index in [1.165, 1.54) is 5.56 Å². The Morgan fingerprint density at radius 1 is 1.38 bits per heavy atom. The van der Waals surface area contributed by atoms with Crippen molar-refractivity contribution in [1.29, 1.82) is 0 Å². The Labute approximate surface area is 135 Å². The fourth-order valence-corrected chi connectivity index (χ4v) is 2.95. The van der Waals surface area contributed by atoms with Gasteiger partial charge in [-0.2, -0.15) is 0 Å². The number of nitrogens with one attached hydrogen (secondary N) is 1. The Balaban J connectivity index is 1.93.